The van der Waals surface area contributed by atoms with E-state index in [2.05, 4.69) is 21.7 Å². The summed E-state index contributed by atoms with van der Waals surface area (Å²) in [6.07, 6.45) is 3.84. The minimum atomic E-state index is -0.263. The number of carbonyl (C=O) groups excluding carboxylic acids is 1. The topological polar surface area (TPSA) is 59.9 Å². The molecule has 1 aromatic heterocycles. The van der Waals surface area contributed by atoms with E-state index in [1.807, 2.05) is 11.0 Å². The van der Waals surface area contributed by atoms with E-state index >= 15 is 0 Å². The number of carbonyl (C=O) groups is 1. The predicted molar refractivity (Wildman–Crippen MR) is 86.1 cm³/mol. The number of aromatic nitrogens is 1. The number of likely N-dealkylation sites (N-methyl/N-ethyl adjacent to an activating group) is 1. The first-order valence-electron chi connectivity index (χ1n) is 8.48. The second-order valence-corrected chi connectivity index (χ2v) is 7.15. The van der Waals surface area contributed by atoms with Crippen LogP contribution >= 0.6 is 0 Å². The lowest BCUT2D eigenvalue weighted by molar-refractivity contribution is -0.103. The van der Waals surface area contributed by atoms with Crippen molar-refractivity contribution in [3.63, 3.8) is 0 Å². The molecule has 0 aromatic carbocycles. The van der Waals surface area contributed by atoms with Crippen molar-refractivity contribution in [2.75, 3.05) is 39.3 Å². The van der Waals surface area contributed by atoms with Crippen molar-refractivity contribution in [2.45, 2.75) is 31.0 Å². The maximum absolute atomic E-state index is 12.8. The van der Waals surface area contributed by atoms with Gasteiger partial charge < -0.3 is 10.0 Å². The van der Waals surface area contributed by atoms with Gasteiger partial charge in [-0.05, 0) is 25.1 Å². The zero-order valence-electron chi connectivity index (χ0n) is 13.6. The Morgan fingerprint density at radius 2 is 2.22 bits per heavy atom. The third-order valence-corrected chi connectivity index (χ3v) is 5.60. The van der Waals surface area contributed by atoms with Crippen LogP contribution in [0.3, 0.4) is 0 Å². The fourth-order valence-electron chi connectivity index (χ4n) is 4.53. The van der Waals surface area contributed by atoms with Gasteiger partial charge in [0, 0.05) is 51.2 Å². The minimum absolute atomic E-state index is 0.0221. The van der Waals surface area contributed by atoms with Gasteiger partial charge in [0.1, 0.15) is 0 Å². The van der Waals surface area contributed by atoms with E-state index in [1.54, 1.807) is 18.5 Å². The second kappa shape index (κ2) is 5.54. The lowest BCUT2D eigenvalue weighted by Crippen LogP contribution is -2.78. The molecule has 0 aliphatic carbocycles. The summed E-state index contributed by atoms with van der Waals surface area (Å²) in [5.41, 5.74) is 0.676. The van der Waals surface area contributed by atoms with E-state index in [0.717, 1.165) is 39.1 Å². The van der Waals surface area contributed by atoms with Crippen LogP contribution in [0.15, 0.2) is 24.5 Å². The van der Waals surface area contributed by atoms with Crippen LogP contribution in [0.4, 0.5) is 0 Å². The van der Waals surface area contributed by atoms with E-state index in [4.69, 9.17) is 0 Å². The molecule has 3 aliphatic heterocycles. The Morgan fingerprint density at radius 3 is 2.91 bits per heavy atom. The van der Waals surface area contributed by atoms with Gasteiger partial charge in [-0.1, -0.05) is 6.92 Å². The third-order valence-electron chi connectivity index (χ3n) is 5.60. The summed E-state index contributed by atoms with van der Waals surface area (Å²) < 4.78 is 0. The molecule has 23 heavy (non-hydrogen) atoms. The second-order valence-electron chi connectivity index (χ2n) is 7.15. The zero-order valence-corrected chi connectivity index (χ0v) is 13.6. The fraction of sp³-hybridized carbons (Fsp3) is 0.647. The van der Waals surface area contributed by atoms with Crippen molar-refractivity contribution in [2.24, 2.45) is 0 Å². The van der Waals surface area contributed by atoms with Crippen LogP contribution in [0.2, 0.25) is 0 Å². The number of likely N-dealkylation sites (tertiary alicyclic amines) is 1. The molecule has 0 saturated carbocycles. The smallest absolute Gasteiger partial charge is 0.255 e. The first-order valence-corrected chi connectivity index (χ1v) is 8.48. The largest absolute Gasteiger partial charge is 0.392 e. The van der Waals surface area contributed by atoms with Gasteiger partial charge in [0.15, 0.2) is 0 Å². The highest BCUT2D eigenvalue weighted by molar-refractivity contribution is 5.94. The first-order chi connectivity index (χ1) is 11.1. The molecule has 4 heterocycles. The van der Waals surface area contributed by atoms with Crippen molar-refractivity contribution in [1.29, 1.82) is 0 Å². The van der Waals surface area contributed by atoms with E-state index in [1.165, 1.54) is 0 Å². The van der Waals surface area contributed by atoms with Gasteiger partial charge in [-0.15, -0.1) is 0 Å². The van der Waals surface area contributed by atoms with Gasteiger partial charge in [0.05, 0.1) is 17.2 Å². The molecular weight excluding hydrogens is 292 g/mol. The Labute approximate surface area is 136 Å². The Balaban J connectivity index is 1.57. The van der Waals surface area contributed by atoms with Crippen LogP contribution in [-0.4, -0.2) is 87.7 Å². The van der Waals surface area contributed by atoms with Crippen LogP contribution in [0, 0.1) is 0 Å². The minimum Gasteiger partial charge on any atom is -0.392 e. The third kappa shape index (κ3) is 2.45. The van der Waals surface area contributed by atoms with Crippen LogP contribution in [0.1, 0.15) is 23.7 Å². The van der Waals surface area contributed by atoms with Crippen molar-refractivity contribution < 1.29 is 9.90 Å². The number of nitrogens with zero attached hydrogens (tertiary/aromatic N) is 4. The molecule has 0 bridgehead atoms. The molecule has 3 aliphatic rings. The van der Waals surface area contributed by atoms with Gasteiger partial charge in [0.25, 0.3) is 5.91 Å². The molecule has 1 N–H and O–H groups in total. The number of amides is 1. The quantitative estimate of drug-likeness (QED) is 0.835. The molecule has 4 rings (SSSR count). The van der Waals surface area contributed by atoms with E-state index in [-0.39, 0.29) is 23.6 Å². The summed E-state index contributed by atoms with van der Waals surface area (Å²) in [6.45, 7) is 7.40. The number of pyridine rings is 1. The lowest BCUT2D eigenvalue weighted by atomic mass is 9.83. The fourth-order valence-corrected chi connectivity index (χ4v) is 4.53. The standard InChI is InChI=1S/C17H24N4O2/c1-2-19-10-17(11-19)12-20(8-14-6-15(22)9-21(14)17)16(23)13-4-3-5-18-7-13/h3-5,7,14-15,22H,2,6,8-12H2,1H3. The summed E-state index contributed by atoms with van der Waals surface area (Å²) in [6, 6.07) is 3.91. The van der Waals surface area contributed by atoms with Crippen molar-refractivity contribution in [3.8, 4) is 0 Å². The predicted octanol–water partition coefficient (Wildman–Crippen LogP) is 0.0469. The van der Waals surface area contributed by atoms with Crippen molar-refractivity contribution in [1.82, 2.24) is 19.7 Å². The summed E-state index contributed by atoms with van der Waals surface area (Å²) in [5, 5.41) is 10.1. The molecule has 0 radical (unpaired) electrons. The summed E-state index contributed by atoms with van der Waals surface area (Å²) in [7, 11) is 0. The number of aliphatic hydroxyl groups is 1. The molecule has 2 atom stereocenters. The van der Waals surface area contributed by atoms with Gasteiger partial charge >= 0.3 is 0 Å². The first kappa shape index (κ1) is 15.1. The summed E-state index contributed by atoms with van der Waals surface area (Å²) in [4.78, 5) is 23.8. The molecule has 124 valence electrons. The number of fused-ring (bicyclic) bond motifs is 2. The molecule has 3 fully saturated rings. The zero-order chi connectivity index (χ0) is 16.0. The van der Waals surface area contributed by atoms with E-state index < -0.39 is 0 Å². The average Bonchev–Trinajstić information content (AvgIpc) is 2.92. The summed E-state index contributed by atoms with van der Waals surface area (Å²) in [5.74, 6) is 0.0634. The van der Waals surface area contributed by atoms with Crippen LogP contribution in [-0.2, 0) is 0 Å². The molecule has 1 amide bonds. The highest BCUT2D eigenvalue weighted by Crippen LogP contribution is 2.39. The Kier molecular flexibility index (Phi) is 3.63. The normalized spacial score (nSPS) is 30.3. The van der Waals surface area contributed by atoms with Crippen molar-refractivity contribution in [3.05, 3.63) is 30.1 Å². The van der Waals surface area contributed by atoms with Crippen LogP contribution < -0.4 is 0 Å². The lowest BCUT2D eigenvalue weighted by Gasteiger charge is -2.61. The number of piperazine rings is 1. The van der Waals surface area contributed by atoms with Gasteiger partial charge in [-0.2, -0.15) is 0 Å². The van der Waals surface area contributed by atoms with Crippen LogP contribution in [0.5, 0.6) is 0 Å². The number of rotatable bonds is 2. The maximum Gasteiger partial charge on any atom is 0.255 e. The highest BCUT2D eigenvalue weighted by atomic mass is 16.3. The molecule has 3 saturated heterocycles. The number of hydrogen-bond acceptors (Lipinski definition) is 5. The molecular formula is C17H24N4O2. The Hall–Kier alpha value is -1.50. The average molecular weight is 316 g/mol. The van der Waals surface area contributed by atoms with Gasteiger partial charge in [-0.3, -0.25) is 19.6 Å². The molecule has 6 nitrogen and oxygen atoms in total. The monoisotopic (exact) mass is 316 g/mol. The van der Waals surface area contributed by atoms with Crippen LogP contribution in [0.25, 0.3) is 0 Å². The van der Waals surface area contributed by atoms with Crippen molar-refractivity contribution >= 4 is 5.91 Å². The molecule has 6 heteroatoms. The number of β-amino-alcohol motifs (C(OH)–C–C–N with tert-alkyl or cyclic N) is 1. The van der Waals surface area contributed by atoms with Gasteiger partial charge in [0.2, 0.25) is 0 Å². The number of aliphatic hydroxyl groups excluding tert-OH is 1. The van der Waals surface area contributed by atoms with Gasteiger partial charge in [-0.25, -0.2) is 0 Å². The molecule has 2 unspecified atom stereocenters. The van der Waals surface area contributed by atoms with E-state index in [9.17, 15) is 9.90 Å². The molecule has 1 aromatic rings. The highest BCUT2D eigenvalue weighted by Gasteiger charge is 2.56. The maximum atomic E-state index is 12.8. The number of hydrogen-bond donors (Lipinski definition) is 1. The Morgan fingerprint density at radius 1 is 1.39 bits per heavy atom. The van der Waals surface area contributed by atoms with E-state index in [0.29, 0.717) is 12.1 Å². The summed E-state index contributed by atoms with van der Waals surface area (Å²) >= 11 is 0. The molecule has 1 spiro atoms. The SMILES string of the molecule is CCN1CC2(C1)CN(C(=O)c1cccnc1)CC1CC(O)CN12. The Bertz CT molecular complexity index is 588.